The molecule has 0 radical (unpaired) electrons. The summed E-state index contributed by atoms with van der Waals surface area (Å²) in [6, 6.07) is 8.71. The lowest BCUT2D eigenvalue weighted by Crippen LogP contribution is -2.37. The van der Waals surface area contributed by atoms with Gasteiger partial charge >= 0.3 is 0 Å². The molecule has 0 fully saturated rings. The van der Waals surface area contributed by atoms with Gasteiger partial charge in [-0.25, -0.2) is 0 Å². The lowest BCUT2D eigenvalue weighted by atomic mass is 10.1. The minimum absolute atomic E-state index is 0.325. The monoisotopic (exact) mass is 247 g/mol. The number of rotatable bonds is 2. The predicted molar refractivity (Wildman–Crippen MR) is 75.3 cm³/mol. The quantitative estimate of drug-likeness (QED) is 0.621. The van der Waals surface area contributed by atoms with Gasteiger partial charge in [0, 0.05) is 11.6 Å². The van der Waals surface area contributed by atoms with Crippen LogP contribution in [-0.2, 0) is 6.42 Å². The van der Waals surface area contributed by atoms with Gasteiger partial charge in [-0.2, -0.15) is 5.10 Å². The van der Waals surface area contributed by atoms with Crippen LogP contribution in [0.25, 0.3) is 0 Å². The molecule has 0 unspecified atom stereocenters. The molecule has 0 amide bonds. The van der Waals surface area contributed by atoms with E-state index in [1.54, 1.807) is 0 Å². The summed E-state index contributed by atoms with van der Waals surface area (Å²) in [4.78, 5) is 0. The standard InChI is InChI=1S/C13H17N3S/c1-9(2)14-13(17)16-15-12-8-7-10-5-3-4-6-11(10)12/h3-6,9H,7-8H2,1-2H3,(H2,14,16,17). The fourth-order valence-electron chi connectivity index (χ4n) is 1.94. The third-order valence-corrected chi connectivity index (χ3v) is 2.88. The molecule has 2 N–H and O–H groups in total. The predicted octanol–water partition coefficient (Wildman–Crippen LogP) is 2.21. The van der Waals surface area contributed by atoms with Crippen LogP contribution < -0.4 is 10.7 Å². The molecule has 1 aliphatic carbocycles. The van der Waals surface area contributed by atoms with Crippen LogP contribution in [0.1, 0.15) is 31.4 Å². The summed E-state index contributed by atoms with van der Waals surface area (Å²) < 4.78 is 0. The summed E-state index contributed by atoms with van der Waals surface area (Å²) in [5.41, 5.74) is 6.61. The van der Waals surface area contributed by atoms with E-state index in [0.717, 1.165) is 18.6 Å². The first-order valence-electron chi connectivity index (χ1n) is 5.88. The van der Waals surface area contributed by atoms with Gasteiger partial charge in [0.1, 0.15) is 0 Å². The highest BCUT2D eigenvalue weighted by Crippen LogP contribution is 2.21. The van der Waals surface area contributed by atoms with Gasteiger partial charge < -0.3 is 5.32 Å². The van der Waals surface area contributed by atoms with E-state index in [4.69, 9.17) is 12.2 Å². The van der Waals surface area contributed by atoms with Crippen molar-refractivity contribution in [3.05, 3.63) is 35.4 Å². The van der Waals surface area contributed by atoms with Crippen molar-refractivity contribution in [1.82, 2.24) is 10.7 Å². The first kappa shape index (κ1) is 12.0. The van der Waals surface area contributed by atoms with Gasteiger partial charge in [-0.05, 0) is 44.5 Å². The number of fused-ring (bicyclic) bond motifs is 1. The molecule has 0 aromatic heterocycles. The first-order valence-corrected chi connectivity index (χ1v) is 6.29. The first-order chi connectivity index (χ1) is 8.16. The van der Waals surface area contributed by atoms with E-state index in [0.29, 0.717) is 11.2 Å². The zero-order chi connectivity index (χ0) is 12.3. The van der Waals surface area contributed by atoms with Crippen molar-refractivity contribution in [2.45, 2.75) is 32.7 Å². The maximum Gasteiger partial charge on any atom is 0.187 e. The van der Waals surface area contributed by atoms with E-state index in [2.05, 4.69) is 34.0 Å². The molecule has 0 bridgehead atoms. The van der Waals surface area contributed by atoms with E-state index in [1.165, 1.54) is 11.1 Å². The highest BCUT2D eigenvalue weighted by atomic mass is 32.1. The van der Waals surface area contributed by atoms with Crippen LogP contribution in [0, 0.1) is 0 Å². The SMILES string of the molecule is CC(C)NC(=S)NN=C1CCc2ccccc21. The van der Waals surface area contributed by atoms with Crippen molar-refractivity contribution in [3.8, 4) is 0 Å². The van der Waals surface area contributed by atoms with Gasteiger partial charge in [0.05, 0.1) is 5.71 Å². The molecule has 1 aromatic carbocycles. The maximum absolute atomic E-state index is 5.13. The number of hydrogen-bond donors (Lipinski definition) is 2. The summed E-state index contributed by atoms with van der Waals surface area (Å²) in [5.74, 6) is 0. The van der Waals surface area contributed by atoms with E-state index in [-0.39, 0.29) is 0 Å². The van der Waals surface area contributed by atoms with Crippen LogP contribution in [0.15, 0.2) is 29.4 Å². The van der Waals surface area contributed by atoms with Crippen LogP contribution in [-0.4, -0.2) is 16.9 Å². The molecule has 0 spiro atoms. The molecule has 1 aliphatic rings. The van der Waals surface area contributed by atoms with Crippen LogP contribution in [0.5, 0.6) is 0 Å². The van der Waals surface area contributed by atoms with E-state index in [1.807, 2.05) is 19.9 Å². The van der Waals surface area contributed by atoms with Gasteiger partial charge in [-0.3, -0.25) is 5.43 Å². The third kappa shape index (κ3) is 3.03. The van der Waals surface area contributed by atoms with Crippen molar-refractivity contribution in [1.29, 1.82) is 0 Å². The molecule has 2 rings (SSSR count). The number of thiocarbonyl (C=S) groups is 1. The topological polar surface area (TPSA) is 36.4 Å². The minimum Gasteiger partial charge on any atom is -0.359 e. The fraction of sp³-hybridized carbons (Fsp3) is 0.385. The van der Waals surface area contributed by atoms with Crippen LogP contribution in [0.4, 0.5) is 0 Å². The molecule has 17 heavy (non-hydrogen) atoms. The Kier molecular flexibility index (Phi) is 3.74. The second-order valence-electron chi connectivity index (χ2n) is 4.46. The van der Waals surface area contributed by atoms with Gasteiger partial charge in [-0.1, -0.05) is 24.3 Å². The molecule has 4 heteroatoms. The summed E-state index contributed by atoms with van der Waals surface area (Å²) in [6.45, 7) is 4.10. The Balaban J connectivity index is 2.03. The summed E-state index contributed by atoms with van der Waals surface area (Å²) in [6.07, 6.45) is 2.05. The van der Waals surface area contributed by atoms with Gasteiger partial charge in [0.15, 0.2) is 5.11 Å². The number of benzene rings is 1. The molecule has 0 saturated carbocycles. The summed E-state index contributed by atoms with van der Waals surface area (Å²) in [7, 11) is 0. The van der Waals surface area contributed by atoms with E-state index >= 15 is 0 Å². The Morgan fingerprint density at radius 3 is 2.82 bits per heavy atom. The van der Waals surface area contributed by atoms with E-state index < -0.39 is 0 Å². The average Bonchev–Trinajstić information content (AvgIpc) is 2.69. The Bertz CT molecular complexity index is 452. The van der Waals surface area contributed by atoms with Crippen LogP contribution >= 0.6 is 12.2 Å². The molecule has 0 atom stereocenters. The highest BCUT2D eigenvalue weighted by molar-refractivity contribution is 7.80. The zero-order valence-corrected chi connectivity index (χ0v) is 11.0. The summed E-state index contributed by atoms with van der Waals surface area (Å²) >= 11 is 5.13. The van der Waals surface area contributed by atoms with Gasteiger partial charge in [0.2, 0.25) is 0 Å². The lowest BCUT2D eigenvalue weighted by molar-refractivity contribution is 0.719. The molecule has 0 saturated heterocycles. The number of aryl methyl sites for hydroxylation is 1. The molecule has 0 aliphatic heterocycles. The molecule has 3 nitrogen and oxygen atoms in total. The number of nitrogens with zero attached hydrogens (tertiary/aromatic N) is 1. The number of hydrogen-bond acceptors (Lipinski definition) is 2. The van der Waals surface area contributed by atoms with E-state index in [9.17, 15) is 0 Å². The Labute approximate surface area is 107 Å². The molecule has 0 heterocycles. The van der Waals surface area contributed by atoms with Crippen molar-refractivity contribution < 1.29 is 0 Å². The van der Waals surface area contributed by atoms with Crippen molar-refractivity contribution >= 4 is 23.0 Å². The third-order valence-electron chi connectivity index (χ3n) is 2.67. The molecular weight excluding hydrogens is 230 g/mol. The Morgan fingerprint density at radius 2 is 2.06 bits per heavy atom. The van der Waals surface area contributed by atoms with Crippen molar-refractivity contribution in [3.63, 3.8) is 0 Å². The fourth-order valence-corrected chi connectivity index (χ4v) is 2.22. The molecule has 1 aromatic rings. The maximum atomic E-state index is 5.13. The average molecular weight is 247 g/mol. The number of nitrogens with one attached hydrogen (secondary N) is 2. The minimum atomic E-state index is 0.325. The van der Waals surface area contributed by atoms with Crippen LogP contribution in [0.3, 0.4) is 0 Å². The zero-order valence-electron chi connectivity index (χ0n) is 10.2. The normalized spacial score (nSPS) is 16.1. The largest absolute Gasteiger partial charge is 0.359 e. The molecule has 90 valence electrons. The second-order valence-corrected chi connectivity index (χ2v) is 4.86. The summed E-state index contributed by atoms with van der Waals surface area (Å²) in [5, 5.41) is 8.06. The highest BCUT2D eigenvalue weighted by Gasteiger charge is 2.16. The van der Waals surface area contributed by atoms with Gasteiger partial charge in [-0.15, -0.1) is 0 Å². The van der Waals surface area contributed by atoms with Gasteiger partial charge in [0.25, 0.3) is 0 Å². The Hall–Kier alpha value is -1.42. The van der Waals surface area contributed by atoms with Crippen molar-refractivity contribution in [2.75, 3.05) is 0 Å². The second kappa shape index (κ2) is 5.27. The van der Waals surface area contributed by atoms with Crippen molar-refractivity contribution in [2.24, 2.45) is 5.10 Å². The number of hydrazone groups is 1. The lowest BCUT2D eigenvalue weighted by Gasteiger charge is -2.10. The smallest absolute Gasteiger partial charge is 0.187 e. The van der Waals surface area contributed by atoms with Crippen LogP contribution in [0.2, 0.25) is 0 Å². The molecular formula is C13H17N3S. The Morgan fingerprint density at radius 1 is 1.29 bits per heavy atom.